The van der Waals surface area contributed by atoms with Crippen molar-refractivity contribution in [3.63, 3.8) is 0 Å². The molecule has 0 heterocycles. The van der Waals surface area contributed by atoms with Gasteiger partial charge in [-0.2, -0.15) is 0 Å². The average Bonchev–Trinajstić information content (AvgIpc) is 2.76. The molecule has 0 unspecified atom stereocenters. The molecule has 0 saturated heterocycles. The van der Waals surface area contributed by atoms with E-state index in [1.165, 1.54) is 12.2 Å². The third kappa shape index (κ3) is 6.18. The fourth-order valence-corrected chi connectivity index (χ4v) is 5.21. The van der Waals surface area contributed by atoms with Crippen molar-refractivity contribution in [2.45, 2.75) is 65.9 Å². The third-order valence-corrected chi connectivity index (χ3v) is 7.27. The topological polar surface area (TPSA) is 97.7 Å². The van der Waals surface area contributed by atoms with E-state index in [1.54, 1.807) is 13.0 Å². The Morgan fingerprint density at radius 2 is 1.97 bits per heavy atom. The van der Waals surface area contributed by atoms with Gasteiger partial charge in [-0.25, -0.2) is 4.79 Å². The van der Waals surface area contributed by atoms with Gasteiger partial charge in [0.1, 0.15) is 12.4 Å². The smallest absolute Gasteiger partial charge is 0.331 e. The van der Waals surface area contributed by atoms with E-state index in [2.05, 4.69) is 27.4 Å². The zero-order valence-corrected chi connectivity index (χ0v) is 20.1. The summed E-state index contributed by atoms with van der Waals surface area (Å²) >= 11 is 0. The number of aliphatic carboxylic acids is 1. The molecule has 6 atom stereocenters. The SMILES string of the molecule is C=C(C=O)[C@@H]1CC(=O)C=C2[C@@H](OC(=O)/C=C/C=C/[C@@H](C)C[C@H](C)CC)CC[C@@H](C(=O)O)[C@@]21C. The number of hydrogen-bond donors (Lipinski definition) is 1. The summed E-state index contributed by atoms with van der Waals surface area (Å²) in [5.74, 6) is -2.19. The molecule has 1 N–H and O–H groups in total. The van der Waals surface area contributed by atoms with E-state index in [1.807, 2.05) is 12.2 Å². The molecule has 1 fully saturated rings. The highest BCUT2D eigenvalue weighted by Gasteiger charge is 2.55. The summed E-state index contributed by atoms with van der Waals surface area (Å²) < 4.78 is 5.66. The predicted molar refractivity (Wildman–Crippen MR) is 126 cm³/mol. The fraction of sp³-hybridized carbons (Fsp3) is 0.556. The molecule has 0 bridgehead atoms. The van der Waals surface area contributed by atoms with Gasteiger partial charge in [0.2, 0.25) is 0 Å². The van der Waals surface area contributed by atoms with Crippen molar-refractivity contribution < 1.29 is 29.0 Å². The molecule has 33 heavy (non-hydrogen) atoms. The maximum atomic E-state index is 12.5. The molecule has 180 valence electrons. The van der Waals surface area contributed by atoms with Gasteiger partial charge >= 0.3 is 11.9 Å². The lowest BCUT2D eigenvalue weighted by atomic mass is 9.53. The lowest BCUT2D eigenvalue weighted by Gasteiger charge is -2.50. The van der Waals surface area contributed by atoms with Crippen LogP contribution in [0.5, 0.6) is 0 Å². The zero-order valence-electron chi connectivity index (χ0n) is 20.1. The number of carboxylic acid groups (broad SMARTS) is 1. The molecule has 0 amide bonds. The van der Waals surface area contributed by atoms with E-state index >= 15 is 0 Å². The number of aldehydes is 1. The van der Waals surface area contributed by atoms with Gasteiger partial charge in [-0.3, -0.25) is 14.4 Å². The van der Waals surface area contributed by atoms with Gasteiger partial charge < -0.3 is 9.84 Å². The normalized spacial score (nSPS) is 29.3. The number of allylic oxidation sites excluding steroid dienone is 5. The Balaban J connectivity index is 2.19. The van der Waals surface area contributed by atoms with Crippen LogP contribution >= 0.6 is 0 Å². The van der Waals surface area contributed by atoms with Gasteiger partial charge in [0, 0.05) is 23.8 Å². The minimum atomic E-state index is -1.03. The standard InChI is InChI=1S/C27H36O6/c1-6-17(2)13-18(3)9-7-8-10-25(30)33-24-12-11-21(26(31)32)27(5)22(19(4)16-28)14-20(29)15-23(24)27/h7-10,15-18,21-22,24H,4,6,11-14H2,1-3,5H3,(H,31,32)/b9-7+,10-8+/t17-,18-,21+,22+,24+,27-/m1/s1. The Hall–Kier alpha value is -2.76. The molecule has 1 saturated carbocycles. The van der Waals surface area contributed by atoms with Gasteiger partial charge in [0.25, 0.3) is 0 Å². The molecule has 6 nitrogen and oxygen atoms in total. The van der Waals surface area contributed by atoms with Gasteiger partial charge in [-0.1, -0.05) is 58.9 Å². The molecule has 0 aromatic carbocycles. The largest absolute Gasteiger partial charge is 0.481 e. The second kappa shape index (κ2) is 11.4. The summed E-state index contributed by atoms with van der Waals surface area (Å²) in [5.41, 5.74) is -0.383. The fourth-order valence-electron chi connectivity index (χ4n) is 5.21. The Kier molecular flexibility index (Phi) is 9.15. The van der Waals surface area contributed by atoms with E-state index < -0.39 is 35.3 Å². The molecule has 2 aliphatic carbocycles. The predicted octanol–water partition coefficient (Wildman–Crippen LogP) is 4.85. The van der Waals surface area contributed by atoms with Crippen LogP contribution in [0, 0.1) is 29.1 Å². The quantitative estimate of drug-likeness (QED) is 0.218. The number of carbonyl (C=O) groups excluding carboxylic acids is 3. The Morgan fingerprint density at radius 1 is 1.27 bits per heavy atom. The summed E-state index contributed by atoms with van der Waals surface area (Å²) in [7, 11) is 0. The molecule has 2 rings (SSSR count). The minimum absolute atomic E-state index is 0.0154. The number of rotatable bonds is 10. The van der Waals surface area contributed by atoms with E-state index in [0.717, 1.165) is 12.8 Å². The van der Waals surface area contributed by atoms with Crippen molar-refractivity contribution in [3.05, 3.63) is 48.1 Å². The van der Waals surface area contributed by atoms with E-state index in [9.17, 15) is 24.3 Å². The summed E-state index contributed by atoms with van der Waals surface area (Å²) in [6.07, 6.45) is 10.9. The first kappa shape index (κ1) is 26.5. The van der Waals surface area contributed by atoms with Gasteiger partial charge in [-0.15, -0.1) is 0 Å². The minimum Gasteiger partial charge on any atom is -0.481 e. The van der Waals surface area contributed by atoms with E-state index in [4.69, 9.17) is 4.74 Å². The average molecular weight is 457 g/mol. The molecular weight excluding hydrogens is 420 g/mol. The van der Waals surface area contributed by atoms with Gasteiger partial charge in [0.15, 0.2) is 5.78 Å². The number of ether oxygens (including phenoxy) is 1. The van der Waals surface area contributed by atoms with Crippen molar-refractivity contribution in [2.24, 2.45) is 29.1 Å². The lowest BCUT2D eigenvalue weighted by molar-refractivity contribution is -0.153. The Bertz CT molecular complexity index is 879. The lowest BCUT2D eigenvalue weighted by Crippen LogP contribution is -2.51. The van der Waals surface area contributed by atoms with Crippen LogP contribution in [0.15, 0.2) is 48.1 Å². The number of hydrogen-bond acceptors (Lipinski definition) is 5. The third-order valence-electron chi connectivity index (χ3n) is 7.27. The van der Waals surface area contributed by atoms with Crippen LogP contribution in [0.2, 0.25) is 0 Å². The maximum Gasteiger partial charge on any atom is 0.331 e. The molecular formula is C27H36O6. The Morgan fingerprint density at radius 3 is 2.58 bits per heavy atom. The molecule has 0 aliphatic heterocycles. The molecule has 0 aromatic heterocycles. The van der Waals surface area contributed by atoms with Crippen LogP contribution in [0.4, 0.5) is 0 Å². The van der Waals surface area contributed by atoms with Crippen LogP contribution in [0.1, 0.15) is 59.8 Å². The van der Waals surface area contributed by atoms with Crippen molar-refractivity contribution in [1.29, 1.82) is 0 Å². The van der Waals surface area contributed by atoms with Crippen molar-refractivity contribution in [3.8, 4) is 0 Å². The number of carboxylic acids is 1. The van der Waals surface area contributed by atoms with E-state index in [0.29, 0.717) is 30.1 Å². The van der Waals surface area contributed by atoms with Crippen molar-refractivity contribution in [1.82, 2.24) is 0 Å². The summed E-state index contributed by atoms with van der Waals surface area (Å²) in [6.45, 7) is 12.0. The molecule has 0 radical (unpaired) electrons. The number of esters is 1. The molecule has 2 aliphatic rings. The van der Waals surface area contributed by atoms with Crippen molar-refractivity contribution in [2.75, 3.05) is 0 Å². The summed E-state index contributed by atoms with van der Waals surface area (Å²) in [5, 5.41) is 9.85. The first-order valence-electron chi connectivity index (χ1n) is 11.7. The highest BCUT2D eigenvalue weighted by molar-refractivity contribution is 5.94. The van der Waals surface area contributed by atoms with Crippen LogP contribution in [-0.2, 0) is 23.9 Å². The number of carbonyl (C=O) groups is 4. The first-order valence-corrected chi connectivity index (χ1v) is 11.7. The highest BCUT2D eigenvalue weighted by atomic mass is 16.5. The highest BCUT2D eigenvalue weighted by Crippen LogP contribution is 2.55. The second-order valence-electron chi connectivity index (χ2n) is 9.66. The molecule has 0 aromatic rings. The monoisotopic (exact) mass is 456 g/mol. The second-order valence-corrected chi connectivity index (χ2v) is 9.66. The molecule has 6 heteroatoms. The zero-order chi connectivity index (χ0) is 24.8. The van der Waals surface area contributed by atoms with Gasteiger partial charge in [0.05, 0.1) is 5.92 Å². The summed E-state index contributed by atoms with van der Waals surface area (Å²) in [6, 6.07) is 0. The van der Waals surface area contributed by atoms with Crippen LogP contribution < -0.4 is 0 Å². The van der Waals surface area contributed by atoms with Crippen molar-refractivity contribution >= 4 is 24.0 Å². The van der Waals surface area contributed by atoms with Crippen LogP contribution in [0.25, 0.3) is 0 Å². The number of fused-ring (bicyclic) bond motifs is 1. The number of ketones is 1. The van der Waals surface area contributed by atoms with E-state index in [-0.39, 0.29) is 24.2 Å². The summed E-state index contributed by atoms with van der Waals surface area (Å²) in [4.78, 5) is 48.4. The first-order chi connectivity index (χ1) is 15.5. The van der Waals surface area contributed by atoms with Crippen LogP contribution in [0.3, 0.4) is 0 Å². The Labute approximate surface area is 196 Å². The molecule has 0 spiro atoms. The maximum absolute atomic E-state index is 12.5. The van der Waals surface area contributed by atoms with Crippen LogP contribution in [-0.4, -0.2) is 35.2 Å². The van der Waals surface area contributed by atoms with Gasteiger partial charge in [-0.05, 0) is 48.3 Å².